The van der Waals surface area contributed by atoms with Crippen LogP contribution in [0, 0.1) is 0 Å². The van der Waals surface area contributed by atoms with Crippen molar-refractivity contribution in [3.05, 3.63) is 24.3 Å². The number of methoxy groups -OCH3 is 1. The molecule has 0 unspecified atom stereocenters. The molecule has 0 heterocycles. The van der Waals surface area contributed by atoms with Crippen LogP contribution in [-0.2, 0) is 19.1 Å². The summed E-state index contributed by atoms with van der Waals surface area (Å²) in [5.74, 6) is -0.471. The predicted octanol–water partition coefficient (Wildman–Crippen LogP) is 2.48. The number of carbonyl (C=O) groups is 3. The quantitative estimate of drug-likeness (QED) is 0.541. The zero-order valence-corrected chi connectivity index (χ0v) is 15.6. The van der Waals surface area contributed by atoms with Gasteiger partial charge in [-0.05, 0) is 39.3 Å². The number of rotatable bonds is 8. The van der Waals surface area contributed by atoms with Crippen molar-refractivity contribution in [3.63, 3.8) is 0 Å². The van der Waals surface area contributed by atoms with Gasteiger partial charge < -0.3 is 24.8 Å². The second-order valence-electron chi connectivity index (χ2n) is 6.44. The second-order valence-corrected chi connectivity index (χ2v) is 6.44. The van der Waals surface area contributed by atoms with Crippen LogP contribution in [-0.4, -0.2) is 43.8 Å². The highest BCUT2D eigenvalue weighted by Gasteiger charge is 2.15. The topological polar surface area (TPSA) is 103 Å². The lowest BCUT2D eigenvalue weighted by molar-refractivity contribution is -0.147. The number of benzene rings is 1. The lowest BCUT2D eigenvalue weighted by Gasteiger charge is -2.19. The molecule has 8 nitrogen and oxygen atoms in total. The second kappa shape index (κ2) is 10.3. The monoisotopic (exact) mass is 366 g/mol. The molecular formula is C18H26N2O6. The summed E-state index contributed by atoms with van der Waals surface area (Å²) in [5.41, 5.74) is -0.0738. The average molecular weight is 366 g/mol. The van der Waals surface area contributed by atoms with Crippen LogP contribution in [0.4, 0.5) is 10.5 Å². The van der Waals surface area contributed by atoms with Crippen LogP contribution in [0.25, 0.3) is 0 Å². The smallest absolute Gasteiger partial charge is 0.407 e. The van der Waals surface area contributed by atoms with E-state index in [9.17, 15) is 14.4 Å². The van der Waals surface area contributed by atoms with Crippen LogP contribution in [0.15, 0.2) is 24.3 Å². The van der Waals surface area contributed by atoms with Crippen molar-refractivity contribution in [2.75, 3.05) is 25.6 Å². The number of alkyl carbamates (subject to hydrolysis) is 1. The van der Waals surface area contributed by atoms with Crippen LogP contribution < -0.4 is 15.4 Å². The maximum Gasteiger partial charge on any atom is 0.407 e. The minimum absolute atomic E-state index is 0.0811. The van der Waals surface area contributed by atoms with Gasteiger partial charge in [0.1, 0.15) is 11.4 Å². The molecule has 1 aromatic rings. The van der Waals surface area contributed by atoms with Gasteiger partial charge in [-0.1, -0.05) is 12.1 Å². The van der Waals surface area contributed by atoms with E-state index in [0.717, 1.165) is 0 Å². The Morgan fingerprint density at radius 3 is 2.46 bits per heavy atom. The number of hydrogen-bond donors (Lipinski definition) is 2. The number of para-hydroxylation sites is 2. The van der Waals surface area contributed by atoms with E-state index in [0.29, 0.717) is 17.9 Å². The van der Waals surface area contributed by atoms with E-state index in [-0.39, 0.29) is 13.0 Å². The van der Waals surface area contributed by atoms with Crippen LogP contribution in [0.5, 0.6) is 5.75 Å². The molecule has 0 aliphatic carbocycles. The van der Waals surface area contributed by atoms with Gasteiger partial charge in [0, 0.05) is 13.0 Å². The molecular weight excluding hydrogens is 340 g/mol. The average Bonchev–Trinajstić information content (AvgIpc) is 2.56. The van der Waals surface area contributed by atoms with E-state index >= 15 is 0 Å². The lowest BCUT2D eigenvalue weighted by atomic mass is 10.2. The molecule has 8 heteroatoms. The van der Waals surface area contributed by atoms with Crippen molar-refractivity contribution in [2.24, 2.45) is 0 Å². The number of hydrogen-bond acceptors (Lipinski definition) is 6. The van der Waals surface area contributed by atoms with Gasteiger partial charge in [-0.15, -0.1) is 0 Å². The largest absolute Gasteiger partial charge is 0.495 e. The van der Waals surface area contributed by atoms with E-state index in [2.05, 4.69) is 10.6 Å². The number of anilines is 1. The first kappa shape index (κ1) is 21.3. The molecule has 26 heavy (non-hydrogen) atoms. The predicted molar refractivity (Wildman–Crippen MR) is 96.1 cm³/mol. The molecule has 0 saturated carbocycles. The van der Waals surface area contributed by atoms with Crippen molar-refractivity contribution < 1.29 is 28.6 Å². The van der Waals surface area contributed by atoms with Crippen molar-refractivity contribution in [1.82, 2.24) is 5.32 Å². The Balaban J connectivity index is 2.22. The highest BCUT2D eigenvalue weighted by Crippen LogP contribution is 2.22. The van der Waals surface area contributed by atoms with E-state index < -0.39 is 30.2 Å². The van der Waals surface area contributed by atoms with Crippen molar-refractivity contribution >= 4 is 23.7 Å². The SMILES string of the molecule is COc1ccccc1NC(=O)COC(=O)CCCNC(=O)OC(C)(C)C. The molecule has 0 spiro atoms. The van der Waals surface area contributed by atoms with E-state index in [1.54, 1.807) is 45.0 Å². The number of nitrogens with one attached hydrogen (secondary N) is 2. The minimum atomic E-state index is -0.572. The Bertz CT molecular complexity index is 624. The van der Waals surface area contributed by atoms with Crippen LogP contribution in [0.1, 0.15) is 33.6 Å². The maximum atomic E-state index is 11.8. The molecule has 2 amide bonds. The molecule has 1 aromatic carbocycles. The Labute approximate surface area is 153 Å². The summed E-state index contributed by atoms with van der Waals surface area (Å²) in [6, 6.07) is 6.92. The van der Waals surface area contributed by atoms with Crippen LogP contribution >= 0.6 is 0 Å². The van der Waals surface area contributed by atoms with Crippen molar-refractivity contribution in [2.45, 2.75) is 39.2 Å². The fraction of sp³-hybridized carbons (Fsp3) is 0.500. The first-order valence-electron chi connectivity index (χ1n) is 8.26. The summed E-state index contributed by atoms with van der Waals surface area (Å²) in [6.45, 7) is 5.17. The van der Waals surface area contributed by atoms with Gasteiger partial charge in [-0.2, -0.15) is 0 Å². The van der Waals surface area contributed by atoms with Crippen LogP contribution in [0.2, 0.25) is 0 Å². The fourth-order valence-corrected chi connectivity index (χ4v) is 1.89. The van der Waals surface area contributed by atoms with Crippen molar-refractivity contribution in [1.29, 1.82) is 0 Å². The highest BCUT2D eigenvalue weighted by atomic mass is 16.6. The number of esters is 1. The van der Waals surface area contributed by atoms with Crippen molar-refractivity contribution in [3.8, 4) is 5.75 Å². The van der Waals surface area contributed by atoms with Gasteiger partial charge in [0.2, 0.25) is 0 Å². The Morgan fingerprint density at radius 2 is 1.81 bits per heavy atom. The summed E-state index contributed by atoms with van der Waals surface area (Å²) in [6.07, 6.45) is -0.0775. The molecule has 0 atom stereocenters. The fourth-order valence-electron chi connectivity index (χ4n) is 1.89. The van der Waals surface area contributed by atoms with Gasteiger partial charge in [-0.3, -0.25) is 9.59 Å². The Morgan fingerprint density at radius 1 is 1.12 bits per heavy atom. The normalized spacial score (nSPS) is 10.6. The zero-order valence-electron chi connectivity index (χ0n) is 15.6. The highest BCUT2D eigenvalue weighted by molar-refractivity contribution is 5.94. The Kier molecular flexibility index (Phi) is 8.41. The van der Waals surface area contributed by atoms with Crippen LogP contribution in [0.3, 0.4) is 0 Å². The van der Waals surface area contributed by atoms with Gasteiger partial charge in [0.25, 0.3) is 5.91 Å². The molecule has 144 valence electrons. The third-order valence-corrected chi connectivity index (χ3v) is 2.97. The maximum absolute atomic E-state index is 11.8. The summed E-state index contributed by atoms with van der Waals surface area (Å²) < 4.78 is 15.1. The summed E-state index contributed by atoms with van der Waals surface area (Å²) in [5, 5.41) is 5.15. The first-order chi connectivity index (χ1) is 12.2. The Hall–Kier alpha value is -2.77. The third-order valence-electron chi connectivity index (χ3n) is 2.97. The molecule has 0 radical (unpaired) electrons. The molecule has 0 bridgehead atoms. The standard InChI is InChI=1S/C18H26N2O6/c1-18(2,3)26-17(23)19-11-7-10-16(22)25-12-15(21)20-13-8-5-6-9-14(13)24-4/h5-6,8-9H,7,10-12H2,1-4H3,(H,19,23)(H,20,21). The van der Waals surface area contributed by atoms with E-state index in [4.69, 9.17) is 14.2 Å². The molecule has 0 aromatic heterocycles. The number of ether oxygens (including phenoxy) is 3. The first-order valence-corrected chi connectivity index (χ1v) is 8.26. The minimum Gasteiger partial charge on any atom is -0.495 e. The van der Waals surface area contributed by atoms with E-state index in [1.807, 2.05) is 0 Å². The third kappa shape index (κ3) is 8.91. The van der Waals surface area contributed by atoms with E-state index in [1.165, 1.54) is 7.11 Å². The molecule has 0 fully saturated rings. The molecule has 0 aliphatic heterocycles. The summed E-state index contributed by atoms with van der Waals surface area (Å²) in [7, 11) is 1.50. The van der Waals surface area contributed by atoms with Gasteiger partial charge in [0.05, 0.1) is 12.8 Å². The molecule has 1 rings (SSSR count). The van der Waals surface area contributed by atoms with Gasteiger partial charge >= 0.3 is 12.1 Å². The molecule has 2 N–H and O–H groups in total. The van der Waals surface area contributed by atoms with Gasteiger partial charge in [-0.25, -0.2) is 4.79 Å². The zero-order chi connectivity index (χ0) is 19.6. The summed E-state index contributed by atoms with van der Waals surface area (Å²) in [4.78, 5) is 34.9. The number of amides is 2. The molecule has 0 aliphatic rings. The van der Waals surface area contributed by atoms with Gasteiger partial charge in [0.15, 0.2) is 6.61 Å². The number of carbonyl (C=O) groups excluding carboxylic acids is 3. The summed E-state index contributed by atoms with van der Waals surface area (Å²) >= 11 is 0. The molecule has 0 saturated heterocycles. The lowest BCUT2D eigenvalue weighted by Crippen LogP contribution is -2.33.